The molecule has 0 aromatic heterocycles. The molecule has 0 fully saturated rings. The van der Waals surface area contributed by atoms with Crippen LogP contribution in [-0.2, 0) is 11.0 Å². The number of rotatable bonds is 1. The Labute approximate surface area is 101 Å². The molecule has 1 aromatic carbocycles. The van der Waals surface area contributed by atoms with Gasteiger partial charge in [0.25, 0.3) is 5.91 Å². The van der Waals surface area contributed by atoms with Crippen LogP contribution in [0.2, 0.25) is 0 Å². The Balaban J connectivity index is 2.47. The first-order valence-electron chi connectivity index (χ1n) is 5.16. The fraction of sp³-hybridized carbons (Fsp3) is 0.250. The molecule has 0 bridgehead atoms. The van der Waals surface area contributed by atoms with Crippen molar-refractivity contribution in [2.24, 2.45) is 0 Å². The Bertz CT molecular complexity index is 534. The molecule has 1 heterocycles. The normalized spacial score (nSPS) is 16.7. The number of aliphatic hydroxyl groups is 1. The predicted molar refractivity (Wildman–Crippen MR) is 58.6 cm³/mol. The predicted octanol–water partition coefficient (Wildman–Crippen LogP) is 2.45. The molecule has 96 valence electrons. The molecule has 3 nitrogen and oxygen atoms in total. The minimum absolute atomic E-state index is 0.0183. The van der Waals surface area contributed by atoms with Crippen LogP contribution in [0.4, 0.5) is 13.2 Å². The smallest absolute Gasteiger partial charge is 0.416 e. The number of carbonyl (C=O) groups is 1. The number of likely N-dealkylation sites (N-methyl/N-ethyl adjacent to an activating group) is 1. The monoisotopic (exact) mass is 257 g/mol. The van der Waals surface area contributed by atoms with Gasteiger partial charge in [-0.2, -0.15) is 13.2 Å². The van der Waals surface area contributed by atoms with Gasteiger partial charge in [-0.05, 0) is 17.7 Å². The quantitative estimate of drug-likeness (QED) is 0.839. The summed E-state index contributed by atoms with van der Waals surface area (Å²) in [5.41, 5.74) is -0.831. The molecule has 1 aliphatic heterocycles. The second-order valence-electron chi connectivity index (χ2n) is 4.06. The Morgan fingerprint density at radius 2 is 2.00 bits per heavy atom. The van der Waals surface area contributed by atoms with Crippen LogP contribution in [0.3, 0.4) is 0 Å². The first kappa shape index (κ1) is 12.5. The Hall–Kier alpha value is -1.98. The molecule has 1 N–H and O–H groups in total. The second kappa shape index (κ2) is 4.04. The topological polar surface area (TPSA) is 40.5 Å². The van der Waals surface area contributed by atoms with Crippen molar-refractivity contribution >= 4 is 11.5 Å². The number of carbonyl (C=O) groups excluding carboxylic acids is 1. The molecule has 1 aromatic rings. The number of hydrogen-bond donors (Lipinski definition) is 1. The average molecular weight is 257 g/mol. The maximum absolute atomic E-state index is 12.6. The van der Waals surface area contributed by atoms with Gasteiger partial charge in [-0.3, -0.25) is 4.79 Å². The minimum atomic E-state index is -4.47. The van der Waals surface area contributed by atoms with Gasteiger partial charge >= 0.3 is 6.18 Å². The SMILES string of the molecule is CN1CC(O)=C(c2cccc(C(F)(F)F)c2)C1=O. The highest BCUT2D eigenvalue weighted by Crippen LogP contribution is 2.33. The van der Waals surface area contributed by atoms with E-state index in [-0.39, 0.29) is 23.4 Å². The van der Waals surface area contributed by atoms with E-state index in [1.54, 1.807) is 0 Å². The van der Waals surface area contributed by atoms with Crippen LogP contribution in [0.15, 0.2) is 30.0 Å². The van der Waals surface area contributed by atoms with E-state index in [1.807, 2.05) is 0 Å². The summed E-state index contributed by atoms with van der Waals surface area (Å²) in [5.74, 6) is -0.686. The molecular weight excluding hydrogens is 247 g/mol. The van der Waals surface area contributed by atoms with E-state index in [1.165, 1.54) is 24.1 Å². The first-order valence-corrected chi connectivity index (χ1v) is 5.16. The number of hydrogen-bond acceptors (Lipinski definition) is 2. The van der Waals surface area contributed by atoms with Gasteiger partial charge in [0.05, 0.1) is 17.7 Å². The zero-order chi connectivity index (χ0) is 13.5. The largest absolute Gasteiger partial charge is 0.510 e. The molecule has 0 atom stereocenters. The molecule has 1 aliphatic rings. The number of nitrogens with zero attached hydrogens (tertiary/aromatic N) is 1. The summed E-state index contributed by atoms with van der Waals surface area (Å²) in [6, 6.07) is 4.37. The maximum atomic E-state index is 12.6. The summed E-state index contributed by atoms with van der Waals surface area (Å²) >= 11 is 0. The third-order valence-electron chi connectivity index (χ3n) is 2.71. The molecule has 0 saturated carbocycles. The number of halogens is 3. The highest BCUT2D eigenvalue weighted by Gasteiger charge is 2.33. The lowest BCUT2D eigenvalue weighted by molar-refractivity contribution is -0.137. The van der Waals surface area contributed by atoms with Crippen molar-refractivity contribution in [3.63, 3.8) is 0 Å². The van der Waals surface area contributed by atoms with Gasteiger partial charge in [0.2, 0.25) is 0 Å². The third-order valence-corrected chi connectivity index (χ3v) is 2.71. The standard InChI is InChI=1S/C12H10F3NO2/c1-16-6-9(17)10(11(16)18)7-3-2-4-8(5-7)12(13,14)15/h2-5,17H,6H2,1H3. The van der Waals surface area contributed by atoms with E-state index in [0.717, 1.165) is 12.1 Å². The summed E-state index contributed by atoms with van der Waals surface area (Å²) in [6.45, 7) is 0.0183. The number of amides is 1. The molecule has 2 rings (SSSR count). The van der Waals surface area contributed by atoms with Gasteiger partial charge in [0.15, 0.2) is 0 Å². The number of aliphatic hydroxyl groups excluding tert-OH is 1. The molecule has 1 amide bonds. The van der Waals surface area contributed by atoms with Gasteiger partial charge in [0.1, 0.15) is 5.76 Å². The van der Waals surface area contributed by atoms with Crippen molar-refractivity contribution in [1.82, 2.24) is 4.90 Å². The maximum Gasteiger partial charge on any atom is 0.416 e. The molecule has 0 spiro atoms. The molecule has 0 saturated heterocycles. The van der Waals surface area contributed by atoms with E-state index in [0.29, 0.717) is 0 Å². The van der Waals surface area contributed by atoms with Crippen LogP contribution < -0.4 is 0 Å². The lowest BCUT2D eigenvalue weighted by Crippen LogP contribution is -2.21. The highest BCUT2D eigenvalue weighted by atomic mass is 19.4. The summed E-state index contributed by atoms with van der Waals surface area (Å²) in [5, 5.41) is 9.61. The Kier molecular flexibility index (Phi) is 2.80. The van der Waals surface area contributed by atoms with Crippen LogP contribution in [-0.4, -0.2) is 29.5 Å². The summed E-state index contributed by atoms with van der Waals surface area (Å²) in [4.78, 5) is 12.9. The fourth-order valence-electron chi connectivity index (χ4n) is 1.83. The van der Waals surface area contributed by atoms with Gasteiger partial charge < -0.3 is 10.0 Å². The van der Waals surface area contributed by atoms with Crippen molar-refractivity contribution in [3.8, 4) is 0 Å². The van der Waals surface area contributed by atoms with Crippen molar-refractivity contribution in [3.05, 3.63) is 41.2 Å². The van der Waals surface area contributed by atoms with E-state index in [2.05, 4.69) is 0 Å². The van der Waals surface area contributed by atoms with Gasteiger partial charge in [-0.1, -0.05) is 12.1 Å². The zero-order valence-electron chi connectivity index (χ0n) is 9.45. The molecule has 18 heavy (non-hydrogen) atoms. The first-order chi connectivity index (χ1) is 8.30. The van der Waals surface area contributed by atoms with Gasteiger partial charge in [-0.25, -0.2) is 0 Å². The summed E-state index contributed by atoms with van der Waals surface area (Å²) < 4.78 is 37.7. The van der Waals surface area contributed by atoms with Gasteiger partial charge in [0, 0.05) is 7.05 Å². The lowest BCUT2D eigenvalue weighted by Gasteiger charge is -2.10. The van der Waals surface area contributed by atoms with Crippen LogP contribution in [0.5, 0.6) is 0 Å². The van der Waals surface area contributed by atoms with Crippen LogP contribution in [0.25, 0.3) is 5.57 Å². The zero-order valence-corrected chi connectivity index (χ0v) is 9.45. The van der Waals surface area contributed by atoms with Crippen molar-refractivity contribution < 1.29 is 23.1 Å². The molecule has 0 unspecified atom stereocenters. The summed E-state index contributed by atoms with van der Waals surface area (Å²) in [6.07, 6.45) is -4.47. The Morgan fingerprint density at radius 1 is 1.33 bits per heavy atom. The minimum Gasteiger partial charge on any atom is -0.510 e. The molecule has 6 heteroatoms. The van der Waals surface area contributed by atoms with Crippen molar-refractivity contribution in [1.29, 1.82) is 0 Å². The van der Waals surface area contributed by atoms with Crippen molar-refractivity contribution in [2.45, 2.75) is 6.18 Å². The molecule has 0 aliphatic carbocycles. The van der Waals surface area contributed by atoms with Crippen molar-refractivity contribution in [2.75, 3.05) is 13.6 Å². The highest BCUT2D eigenvalue weighted by molar-refractivity contribution is 6.22. The van der Waals surface area contributed by atoms with Crippen LogP contribution >= 0.6 is 0 Å². The lowest BCUT2D eigenvalue weighted by atomic mass is 10.0. The van der Waals surface area contributed by atoms with E-state index >= 15 is 0 Å². The summed E-state index contributed by atoms with van der Waals surface area (Å²) in [7, 11) is 1.47. The average Bonchev–Trinajstić information content (AvgIpc) is 2.52. The number of alkyl halides is 3. The van der Waals surface area contributed by atoms with Gasteiger partial charge in [-0.15, -0.1) is 0 Å². The Morgan fingerprint density at radius 3 is 2.50 bits per heavy atom. The molecule has 0 radical (unpaired) electrons. The number of benzene rings is 1. The fourth-order valence-corrected chi connectivity index (χ4v) is 1.83. The third kappa shape index (κ3) is 2.05. The van der Waals surface area contributed by atoms with E-state index in [9.17, 15) is 23.1 Å². The molecular formula is C12H10F3NO2. The van der Waals surface area contributed by atoms with Crippen LogP contribution in [0.1, 0.15) is 11.1 Å². The van der Waals surface area contributed by atoms with E-state index in [4.69, 9.17) is 0 Å². The van der Waals surface area contributed by atoms with Crippen LogP contribution in [0, 0.1) is 0 Å². The second-order valence-corrected chi connectivity index (χ2v) is 4.06. The van der Waals surface area contributed by atoms with E-state index < -0.39 is 17.6 Å².